The van der Waals surface area contributed by atoms with Crippen molar-refractivity contribution >= 4 is 34.0 Å². The van der Waals surface area contributed by atoms with E-state index in [1.807, 2.05) is 35.7 Å². The SMILES string of the molecule is COC1=C/C(=C(/c2ccccc2)c2cc(OC)c(-c3ccsc3)[nH]2)N=C1c1ccsc1. The zero-order valence-electron chi connectivity index (χ0n) is 17.1. The first-order valence-corrected chi connectivity index (χ1v) is 11.6. The van der Waals surface area contributed by atoms with Gasteiger partial charge in [-0.15, -0.1) is 0 Å². The van der Waals surface area contributed by atoms with E-state index in [9.17, 15) is 0 Å². The molecule has 0 bridgehead atoms. The van der Waals surface area contributed by atoms with Gasteiger partial charge in [-0.2, -0.15) is 22.7 Å². The summed E-state index contributed by atoms with van der Waals surface area (Å²) in [4.78, 5) is 8.57. The first-order chi connectivity index (χ1) is 15.3. The van der Waals surface area contributed by atoms with Crippen LogP contribution in [0.15, 0.2) is 92.6 Å². The number of rotatable bonds is 6. The van der Waals surface area contributed by atoms with Gasteiger partial charge in [0.1, 0.15) is 17.2 Å². The Labute approximate surface area is 188 Å². The standard InChI is InChI=1S/C25H20N2O2S2/c1-28-21-12-19(26-24(21)17-8-10-30-14-17)23(16-6-4-3-5-7-16)20-13-22(29-2)25(27-20)18-9-11-31-15-18/h3-15,26H,1-2H3/b23-20+. The van der Waals surface area contributed by atoms with Crippen LogP contribution in [0.25, 0.3) is 16.8 Å². The summed E-state index contributed by atoms with van der Waals surface area (Å²) in [6.07, 6.45) is 2.01. The molecule has 154 valence electrons. The Morgan fingerprint density at radius 3 is 2.29 bits per heavy atom. The molecule has 4 aromatic rings. The lowest BCUT2D eigenvalue weighted by Crippen LogP contribution is -2.01. The van der Waals surface area contributed by atoms with Crippen LogP contribution in [0.4, 0.5) is 0 Å². The van der Waals surface area contributed by atoms with Gasteiger partial charge >= 0.3 is 0 Å². The van der Waals surface area contributed by atoms with Crippen LogP contribution in [-0.4, -0.2) is 24.9 Å². The molecular weight excluding hydrogens is 424 g/mol. The predicted octanol–water partition coefficient (Wildman–Crippen LogP) is 6.61. The molecule has 1 N–H and O–H groups in total. The maximum Gasteiger partial charge on any atom is 0.147 e. The largest absolute Gasteiger partial charge is 0.494 e. The molecule has 1 aliphatic heterocycles. The van der Waals surface area contributed by atoms with Gasteiger partial charge in [0, 0.05) is 39.6 Å². The van der Waals surface area contributed by atoms with E-state index >= 15 is 0 Å². The molecule has 0 fully saturated rings. The fraction of sp³-hybridized carbons (Fsp3) is 0.0800. The number of H-pyrrole nitrogens is 1. The summed E-state index contributed by atoms with van der Waals surface area (Å²) in [7, 11) is 3.38. The van der Waals surface area contributed by atoms with Crippen molar-refractivity contribution < 1.29 is 9.47 Å². The lowest BCUT2D eigenvalue weighted by Gasteiger charge is -2.08. The summed E-state index contributed by atoms with van der Waals surface area (Å²) >= 11 is 3.31. The Hall–Kier alpha value is -3.35. The van der Waals surface area contributed by atoms with Crippen molar-refractivity contribution in [1.82, 2.24) is 4.98 Å². The Bertz CT molecular complexity index is 1280. The molecule has 1 aromatic carbocycles. The van der Waals surface area contributed by atoms with Crippen molar-refractivity contribution in [2.75, 3.05) is 14.2 Å². The van der Waals surface area contributed by atoms with Gasteiger partial charge in [0.05, 0.1) is 31.3 Å². The Morgan fingerprint density at radius 1 is 0.903 bits per heavy atom. The van der Waals surface area contributed by atoms with Gasteiger partial charge in [-0.1, -0.05) is 30.3 Å². The van der Waals surface area contributed by atoms with Gasteiger partial charge in [0.25, 0.3) is 0 Å². The number of aliphatic imine (C=N–C) groups is 1. The Morgan fingerprint density at radius 2 is 1.65 bits per heavy atom. The minimum atomic E-state index is 0.762. The second kappa shape index (κ2) is 8.41. The number of aromatic nitrogens is 1. The monoisotopic (exact) mass is 444 g/mol. The van der Waals surface area contributed by atoms with E-state index in [1.54, 1.807) is 36.9 Å². The molecule has 0 aliphatic carbocycles. The smallest absolute Gasteiger partial charge is 0.147 e. The first-order valence-electron chi connectivity index (χ1n) is 9.75. The highest BCUT2D eigenvalue weighted by Gasteiger charge is 2.24. The average Bonchev–Trinajstić information content (AvgIpc) is 3.61. The molecule has 0 radical (unpaired) electrons. The fourth-order valence-electron chi connectivity index (χ4n) is 3.69. The summed E-state index contributed by atoms with van der Waals surface area (Å²) < 4.78 is 11.4. The molecule has 6 heteroatoms. The zero-order valence-corrected chi connectivity index (χ0v) is 18.7. The Balaban J connectivity index is 1.73. The maximum atomic E-state index is 5.70. The van der Waals surface area contributed by atoms with Crippen molar-refractivity contribution in [1.29, 1.82) is 0 Å². The number of allylic oxidation sites excluding steroid dienone is 2. The third-order valence-corrected chi connectivity index (χ3v) is 6.51. The number of hydrogen-bond acceptors (Lipinski definition) is 5. The third kappa shape index (κ3) is 3.65. The molecule has 0 spiro atoms. The minimum Gasteiger partial charge on any atom is -0.494 e. The number of ether oxygens (including phenoxy) is 2. The number of hydrogen-bond donors (Lipinski definition) is 1. The normalized spacial score (nSPS) is 14.9. The average molecular weight is 445 g/mol. The highest BCUT2D eigenvalue weighted by atomic mass is 32.1. The predicted molar refractivity (Wildman–Crippen MR) is 129 cm³/mol. The molecule has 0 atom stereocenters. The van der Waals surface area contributed by atoms with Gasteiger partial charge in [-0.25, -0.2) is 4.99 Å². The maximum absolute atomic E-state index is 5.70. The summed E-state index contributed by atoms with van der Waals surface area (Å²) in [6, 6.07) is 16.5. The van der Waals surface area contributed by atoms with Crippen LogP contribution in [0, 0.1) is 0 Å². The van der Waals surface area contributed by atoms with E-state index in [1.165, 1.54) is 0 Å². The number of thiophene rings is 2. The van der Waals surface area contributed by atoms with E-state index in [0.717, 1.165) is 56.6 Å². The zero-order chi connectivity index (χ0) is 21.2. The highest BCUT2D eigenvalue weighted by Crippen LogP contribution is 2.38. The van der Waals surface area contributed by atoms with E-state index in [2.05, 4.69) is 45.4 Å². The molecule has 1 aliphatic rings. The first kappa shape index (κ1) is 19.6. The summed E-state index contributed by atoms with van der Waals surface area (Å²) in [5.41, 5.74) is 7.84. The van der Waals surface area contributed by atoms with Crippen LogP contribution in [0.3, 0.4) is 0 Å². The number of nitrogens with one attached hydrogen (secondary N) is 1. The van der Waals surface area contributed by atoms with Crippen molar-refractivity contribution in [3.8, 4) is 17.0 Å². The van der Waals surface area contributed by atoms with Gasteiger partial charge in [0.2, 0.25) is 0 Å². The van der Waals surface area contributed by atoms with Crippen molar-refractivity contribution in [3.05, 3.63) is 104 Å². The van der Waals surface area contributed by atoms with Crippen LogP contribution in [0.5, 0.6) is 5.75 Å². The molecule has 0 saturated heterocycles. The van der Waals surface area contributed by atoms with Gasteiger partial charge in [0.15, 0.2) is 0 Å². The van der Waals surface area contributed by atoms with Gasteiger partial charge in [-0.3, -0.25) is 0 Å². The highest BCUT2D eigenvalue weighted by molar-refractivity contribution is 7.08. The molecule has 3 aromatic heterocycles. The molecule has 4 heterocycles. The van der Waals surface area contributed by atoms with E-state index in [0.29, 0.717) is 0 Å². The number of methoxy groups -OCH3 is 2. The van der Waals surface area contributed by atoms with E-state index in [4.69, 9.17) is 14.5 Å². The summed E-state index contributed by atoms with van der Waals surface area (Å²) in [5.74, 6) is 1.57. The van der Waals surface area contributed by atoms with Crippen molar-refractivity contribution in [2.24, 2.45) is 4.99 Å². The van der Waals surface area contributed by atoms with Crippen molar-refractivity contribution in [2.45, 2.75) is 0 Å². The summed E-state index contributed by atoms with van der Waals surface area (Å²) in [6.45, 7) is 0. The van der Waals surface area contributed by atoms with E-state index in [-0.39, 0.29) is 0 Å². The summed E-state index contributed by atoms with van der Waals surface area (Å²) in [5, 5.41) is 8.31. The molecule has 0 saturated carbocycles. The van der Waals surface area contributed by atoms with Gasteiger partial charge < -0.3 is 14.5 Å². The van der Waals surface area contributed by atoms with Gasteiger partial charge in [-0.05, 0) is 28.5 Å². The minimum absolute atomic E-state index is 0.762. The molecule has 0 unspecified atom stereocenters. The number of nitrogens with zero attached hydrogens (tertiary/aromatic N) is 1. The van der Waals surface area contributed by atoms with Crippen LogP contribution >= 0.6 is 22.7 Å². The van der Waals surface area contributed by atoms with Crippen LogP contribution in [0.2, 0.25) is 0 Å². The second-order valence-electron chi connectivity index (χ2n) is 6.95. The van der Waals surface area contributed by atoms with Crippen molar-refractivity contribution in [3.63, 3.8) is 0 Å². The third-order valence-electron chi connectivity index (χ3n) is 5.15. The molecule has 4 nitrogen and oxygen atoms in total. The quantitative estimate of drug-likeness (QED) is 0.364. The lowest BCUT2D eigenvalue weighted by atomic mass is 10.0. The Kier molecular flexibility index (Phi) is 5.32. The molecule has 5 rings (SSSR count). The molecule has 0 amide bonds. The lowest BCUT2D eigenvalue weighted by molar-refractivity contribution is 0.316. The van der Waals surface area contributed by atoms with Crippen LogP contribution < -0.4 is 4.74 Å². The second-order valence-corrected chi connectivity index (χ2v) is 8.51. The fourth-order valence-corrected chi connectivity index (χ4v) is 4.98. The molecular formula is C25H20N2O2S2. The van der Waals surface area contributed by atoms with Crippen LogP contribution in [0.1, 0.15) is 16.8 Å². The number of benzene rings is 1. The topological polar surface area (TPSA) is 46.6 Å². The molecule has 31 heavy (non-hydrogen) atoms. The number of aromatic amines is 1. The van der Waals surface area contributed by atoms with E-state index < -0.39 is 0 Å². The van der Waals surface area contributed by atoms with Crippen LogP contribution in [-0.2, 0) is 4.74 Å².